The topological polar surface area (TPSA) is 38.0 Å². The highest BCUT2D eigenvalue weighted by Gasteiger charge is 2.65. The van der Waals surface area contributed by atoms with Crippen LogP contribution in [0.1, 0.15) is 27.7 Å². The Kier molecular flexibility index (Phi) is 2.79. The third-order valence-electron chi connectivity index (χ3n) is 4.37. The van der Waals surface area contributed by atoms with Gasteiger partial charge in [-0.25, -0.2) is 0 Å². The number of anilines is 2. The lowest BCUT2D eigenvalue weighted by atomic mass is 10.0. The first-order chi connectivity index (χ1) is 7.68. The van der Waals surface area contributed by atoms with Crippen LogP contribution >= 0.6 is 23.2 Å². The van der Waals surface area contributed by atoms with Crippen molar-refractivity contribution in [2.24, 2.45) is 10.8 Å². The molecule has 17 heavy (non-hydrogen) atoms. The van der Waals surface area contributed by atoms with Crippen molar-refractivity contribution in [2.45, 2.75) is 33.7 Å². The molecule has 3 N–H and O–H groups in total. The molecule has 1 aromatic carbocycles. The molecule has 1 saturated carbocycles. The van der Waals surface area contributed by atoms with E-state index in [1.165, 1.54) is 0 Å². The fourth-order valence-corrected chi connectivity index (χ4v) is 3.05. The van der Waals surface area contributed by atoms with Gasteiger partial charge in [-0.3, -0.25) is 0 Å². The average Bonchev–Trinajstić information content (AvgIpc) is 2.51. The summed E-state index contributed by atoms with van der Waals surface area (Å²) in [5.74, 6) is 0. The maximum absolute atomic E-state index is 6.17. The van der Waals surface area contributed by atoms with Gasteiger partial charge in [0.05, 0.1) is 15.7 Å². The van der Waals surface area contributed by atoms with E-state index < -0.39 is 0 Å². The van der Waals surface area contributed by atoms with Gasteiger partial charge in [0.15, 0.2) is 0 Å². The third-order valence-corrected chi connectivity index (χ3v) is 4.97. The lowest BCUT2D eigenvalue weighted by molar-refractivity contribution is 0.457. The van der Waals surface area contributed by atoms with Crippen molar-refractivity contribution >= 4 is 34.6 Å². The van der Waals surface area contributed by atoms with E-state index in [1.54, 1.807) is 12.1 Å². The Morgan fingerprint density at radius 2 is 1.47 bits per heavy atom. The van der Waals surface area contributed by atoms with E-state index >= 15 is 0 Å². The summed E-state index contributed by atoms with van der Waals surface area (Å²) < 4.78 is 0. The van der Waals surface area contributed by atoms with Gasteiger partial charge in [-0.05, 0) is 23.0 Å². The lowest BCUT2D eigenvalue weighted by Crippen LogP contribution is -2.11. The minimum Gasteiger partial charge on any atom is -0.399 e. The van der Waals surface area contributed by atoms with Gasteiger partial charge in [0.25, 0.3) is 0 Å². The van der Waals surface area contributed by atoms with Gasteiger partial charge in [-0.15, -0.1) is 0 Å². The molecule has 0 bridgehead atoms. The van der Waals surface area contributed by atoms with Crippen LogP contribution in [0.15, 0.2) is 12.1 Å². The molecule has 0 aliphatic heterocycles. The Balaban J connectivity index is 2.28. The number of benzene rings is 1. The molecule has 0 amide bonds. The van der Waals surface area contributed by atoms with E-state index in [0.29, 0.717) is 21.8 Å². The number of hydrogen-bond acceptors (Lipinski definition) is 2. The minimum atomic E-state index is 0.237. The molecule has 2 rings (SSSR count). The van der Waals surface area contributed by atoms with Crippen molar-refractivity contribution in [2.75, 3.05) is 11.1 Å². The van der Waals surface area contributed by atoms with Crippen LogP contribution in [0.25, 0.3) is 0 Å². The summed E-state index contributed by atoms with van der Waals surface area (Å²) in [5.41, 5.74) is 7.53. The summed E-state index contributed by atoms with van der Waals surface area (Å²) in [6.07, 6.45) is 0. The molecule has 1 aromatic rings. The van der Waals surface area contributed by atoms with E-state index in [2.05, 4.69) is 33.0 Å². The van der Waals surface area contributed by atoms with Crippen molar-refractivity contribution in [3.8, 4) is 0 Å². The molecule has 1 aliphatic rings. The second-order valence-corrected chi connectivity index (χ2v) is 6.69. The standard InChI is InChI=1S/C13H18Cl2N2/c1-12(2)11(13(12,3)4)17-10-8(14)5-7(16)6-9(10)15/h5-6,11,17H,16H2,1-4H3. The van der Waals surface area contributed by atoms with Gasteiger partial charge in [0.2, 0.25) is 0 Å². The number of halogens is 2. The van der Waals surface area contributed by atoms with Crippen LogP contribution < -0.4 is 11.1 Å². The number of nitrogen functional groups attached to an aromatic ring is 1. The zero-order valence-corrected chi connectivity index (χ0v) is 12.1. The van der Waals surface area contributed by atoms with Crippen molar-refractivity contribution in [3.63, 3.8) is 0 Å². The Bertz CT molecular complexity index is 429. The Morgan fingerprint density at radius 1 is 1.06 bits per heavy atom. The fraction of sp³-hybridized carbons (Fsp3) is 0.538. The largest absolute Gasteiger partial charge is 0.399 e. The second kappa shape index (κ2) is 3.69. The van der Waals surface area contributed by atoms with Gasteiger partial charge >= 0.3 is 0 Å². The van der Waals surface area contributed by atoms with Crippen LogP contribution in [0.3, 0.4) is 0 Å². The monoisotopic (exact) mass is 272 g/mol. The molecular formula is C13H18Cl2N2. The van der Waals surface area contributed by atoms with Gasteiger partial charge < -0.3 is 11.1 Å². The molecule has 0 aromatic heterocycles. The SMILES string of the molecule is CC1(C)C(Nc2c(Cl)cc(N)cc2Cl)C1(C)C. The highest BCUT2D eigenvalue weighted by molar-refractivity contribution is 6.39. The fourth-order valence-electron chi connectivity index (χ4n) is 2.43. The quantitative estimate of drug-likeness (QED) is 0.783. The predicted octanol–water partition coefficient (Wildman–Crippen LogP) is 4.42. The zero-order valence-electron chi connectivity index (χ0n) is 10.6. The lowest BCUT2D eigenvalue weighted by Gasteiger charge is -2.13. The second-order valence-electron chi connectivity index (χ2n) is 5.88. The van der Waals surface area contributed by atoms with Crippen LogP contribution in [0, 0.1) is 10.8 Å². The Morgan fingerprint density at radius 3 is 1.82 bits per heavy atom. The van der Waals surface area contributed by atoms with Crippen molar-refractivity contribution in [1.82, 2.24) is 0 Å². The molecule has 4 heteroatoms. The van der Waals surface area contributed by atoms with Gasteiger partial charge in [0, 0.05) is 11.7 Å². The van der Waals surface area contributed by atoms with Crippen molar-refractivity contribution < 1.29 is 0 Å². The number of nitrogens with one attached hydrogen (secondary N) is 1. The van der Waals surface area contributed by atoms with Crippen molar-refractivity contribution in [1.29, 1.82) is 0 Å². The van der Waals surface area contributed by atoms with E-state index in [-0.39, 0.29) is 10.8 Å². The predicted molar refractivity (Wildman–Crippen MR) is 75.8 cm³/mol. The smallest absolute Gasteiger partial charge is 0.0723 e. The number of nitrogens with two attached hydrogens (primary N) is 1. The first-order valence-electron chi connectivity index (χ1n) is 5.69. The molecule has 0 unspecified atom stereocenters. The number of hydrogen-bond donors (Lipinski definition) is 2. The molecule has 0 saturated heterocycles. The van der Waals surface area contributed by atoms with E-state index in [0.717, 1.165) is 5.69 Å². The highest BCUT2D eigenvalue weighted by Crippen LogP contribution is 2.64. The Labute approximate surface area is 112 Å². The maximum Gasteiger partial charge on any atom is 0.0723 e. The first-order valence-corrected chi connectivity index (χ1v) is 6.44. The van der Waals surface area contributed by atoms with Crippen LogP contribution in [0.4, 0.5) is 11.4 Å². The van der Waals surface area contributed by atoms with E-state index in [1.807, 2.05) is 0 Å². The number of rotatable bonds is 2. The van der Waals surface area contributed by atoms with Gasteiger partial charge in [-0.2, -0.15) is 0 Å². The van der Waals surface area contributed by atoms with Gasteiger partial charge in [0.1, 0.15) is 0 Å². The average molecular weight is 273 g/mol. The highest BCUT2D eigenvalue weighted by atomic mass is 35.5. The van der Waals surface area contributed by atoms with Crippen LogP contribution in [0.5, 0.6) is 0 Å². The van der Waals surface area contributed by atoms with Crippen LogP contribution in [-0.2, 0) is 0 Å². The summed E-state index contributed by atoms with van der Waals surface area (Å²) in [6.45, 7) is 8.96. The van der Waals surface area contributed by atoms with Crippen LogP contribution in [-0.4, -0.2) is 6.04 Å². The first kappa shape index (κ1) is 12.8. The molecule has 0 heterocycles. The van der Waals surface area contributed by atoms with E-state index in [9.17, 15) is 0 Å². The van der Waals surface area contributed by atoms with Gasteiger partial charge in [-0.1, -0.05) is 50.9 Å². The maximum atomic E-state index is 6.17. The van der Waals surface area contributed by atoms with Crippen LogP contribution in [0.2, 0.25) is 10.0 Å². The molecule has 1 aliphatic carbocycles. The molecule has 0 radical (unpaired) electrons. The minimum absolute atomic E-state index is 0.237. The normalized spacial score (nSPS) is 21.3. The molecule has 0 atom stereocenters. The third kappa shape index (κ3) is 1.88. The summed E-state index contributed by atoms with van der Waals surface area (Å²) >= 11 is 12.3. The summed E-state index contributed by atoms with van der Waals surface area (Å²) in [4.78, 5) is 0. The molecule has 94 valence electrons. The molecule has 1 fully saturated rings. The summed E-state index contributed by atoms with van der Waals surface area (Å²) in [7, 11) is 0. The molecule has 0 spiro atoms. The zero-order chi connectivity index (χ0) is 13.0. The van der Waals surface area contributed by atoms with E-state index in [4.69, 9.17) is 28.9 Å². The Hall–Kier alpha value is -0.600. The summed E-state index contributed by atoms with van der Waals surface area (Å²) in [5, 5.41) is 4.60. The molecule has 2 nitrogen and oxygen atoms in total. The van der Waals surface area contributed by atoms with Crippen molar-refractivity contribution in [3.05, 3.63) is 22.2 Å². The molecular weight excluding hydrogens is 255 g/mol. The summed E-state index contributed by atoms with van der Waals surface area (Å²) in [6, 6.07) is 3.81.